The number of anilines is 2. The van der Waals surface area contributed by atoms with Gasteiger partial charge in [-0.2, -0.15) is 0 Å². The van der Waals surface area contributed by atoms with Crippen LogP contribution in [-0.4, -0.2) is 50.5 Å². The van der Waals surface area contributed by atoms with Crippen molar-refractivity contribution in [1.82, 2.24) is 20.0 Å². The third-order valence-electron chi connectivity index (χ3n) is 4.39. The van der Waals surface area contributed by atoms with Crippen LogP contribution in [0.1, 0.15) is 30.5 Å². The lowest BCUT2D eigenvalue weighted by Gasteiger charge is -2.17. The van der Waals surface area contributed by atoms with Gasteiger partial charge < -0.3 is 15.5 Å². The zero-order chi connectivity index (χ0) is 20.9. The molecule has 2 aromatic rings. The molecule has 3 rings (SSSR count). The number of hydrogen-bond donors (Lipinski definition) is 3. The zero-order valence-corrected chi connectivity index (χ0v) is 18.2. The monoisotopic (exact) mass is 438 g/mol. The molecule has 29 heavy (non-hydrogen) atoms. The molecule has 3 heterocycles. The van der Waals surface area contributed by atoms with Gasteiger partial charge in [0.25, 0.3) is 0 Å². The van der Waals surface area contributed by atoms with E-state index in [-0.39, 0.29) is 16.7 Å². The lowest BCUT2D eigenvalue weighted by molar-refractivity contribution is -0.119. The van der Waals surface area contributed by atoms with Crippen LogP contribution >= 0.6 is 11.3 Å². The van der Waals surface area contributed by atoms with Gasteiger partial charge in [0.2, 0.25) is 15.9 Å². The highest BCUT2D eigenvalue weighted by Gasteiger charge is 2.17. The predicted molar refractivity (Wildman–Crippen MR) is 114 cm³/mol. The van der Waals surface area contributed by atoms with Crippen LogP contribution in [0.15, 0.2) is 22.4 Å². The Bertz CT molecular complexity index is 954. The van der Waals surface area contributed by atoms with E-state index >= 15 is 0 Å². The van der Waals surface area contributed by atoms with Crippen LogP contribution in [0.4, 0.5) is 11.6 Å². The van der Waals surface area contributed by atoms with E-state index in [1.54, 1.807) is 12.1 Å². The van der Waals surface area contributed by atoms with Crippen molar-refractivity contribution in [2.24, 2.45) is 0 Å². The smallest absolute Gasteiger partial charge is 0.250 e. The molecule has 0 aromatic carbocycles. The third kappa shape index (κ3) is 6.12. The lowest BCUT2D eigenvalue weighted by atomic mass is 10.4. The molecule has 1 aliphatic heterocycles. The molecule has 2 aromatic heterocycles. The molecule has 1 fully saturated rings. The number of thiophene rings is 1. The number of rotatable bonds is 9. The summed E-state index contributed by atoms with van der Waals surface area (Å²) in [6.45, 7) is 6.23. The van der Waals surface area contributed by atoms with Gasteiger partial charge in [0.1, 0.15) is 21.7 Å². The molecule has 3 N–H and O–H groups in total. The van der Waals surface area contributed by atoms with Gasteiger partial charge in [-0.05, 0) is 31.9 Å². The van der Waals surface area contributed by atoms with E-state index in [9.17, 15) is 13.2 Å². The van der Waals surface area contributed by atoms with Crippen LogP contribution in [0, 0.1) is 6.92 Å². The topological polar surface area (TPSA) is 116 Å². The fraction of sp³-hybridized carbons (Fsp3) is 0.500. The minimum Gasteiger partial charge on any atom is -0.369 e. The second-order valence-corrected chi connectivity index (χ2v) is 9.97. The van der Waals surface area contributed by atoms with E-state index in [0.29, 0.717) is 24.7 Å². The molecular formula is C18H26N6O3S2. The molecule has 1 aliphatic rings. The van der Waals surface area contributed by atoms with E-state index in [1.807, 2.05) is 13.0 Å². The molecule has 9 nitrogen and oxygen atoms in total. The van der Waals surface area contributed by atoms with E-state index in [4.69, 9.17) is 0 Å². The molecular weight excluding hydrogens is 412 g/mol. The van der Waals surface area contributed by atoms with Crippen molar-refractivity contribution in [2.75, 3.05) is 36.4 Å². The Balaban J connectivity index is 1.51. The van der Waals surface area contributed by atoms with Gasteiger partial charge in [-0.25, -0.2) is 23.1 Å². The molecule has 0 atom stereocenters. The maximum absolute atomic E-state index is 12.4. The van der Waals surface area contributed by atoms with Crippen molar-refractivity contribution in [3.8, 4) is 0 Å². The minimum atomic E-state index is -3.59. The first-order chi connectivity index (χ1) is 13.8. The van der Waals surface area contributed by atoms with Crippen molar-refractivity contribution in [1.29, 1.82) is 0 Å². The summed E-state index contributed by atoms with van der Waals surface area (Å²) in [5.74, 6) is 2.12. The molecule has 0 unspecified atom stereocenters. The van der Waals surface area contributed by atoms with Crippen LogP contribution < -0.4 is 20.3 Å². The number of sulfonamides is 1. The first-order valence-electron chi connectivity index (χ1n) is 9.51. The standard InChI is InChI=1S/C18H26N6O3S2/c1-13-22-16(11-17(23-13)24-9-3-4-10-24)19-7-8-21-29(26,27)18-6-5-15(28-18)12-20-14(2)25/h5-6,11,21H,3-4,7-10,12H2,1-2H3,(H,20,25)(H,19,22,23). The van der Waals surface area contributed by atoms with Crippen molar-refractivity contribution in [3.63, 3.8) is 0 Å². The fourth-order valence-electron chi connectivity index (χ4n) is 3.01. The number of aryl methyl sites for hydroxylation is 1. The molecule has 0 bridgehead atoms. The Morgan fingerprint density at radius 2 is 1.97 bits per heavy atom. The number of hydrogen-bond acceptors (Lipinski definition) is 8. The number of carbonyl (C=O) groups excluding carboxylic acids is 1. The molecule has 11 heteroatoms. The Labute approximate surface area is 175 Å². The van der Waals surface area contributed by atoms with Crippen LogP contribution in [-0.2, 0) is 21.4 Å². The molecule has 1 saturated heterocycles. The molecule has 0 radical (unpaired) electrons. The quantitative estimate of drug-likeness (QED) is 0.508. The van der Waals surface area contributed by atoms with Crippen molar-refractivity contribution < 1.29 is 13.2 Å². The van der Waals surface area contributed by atoms with Crippen molar-refractivity contribution in [2.45, 2.75) is 37.4 Å². The van der Waals surface area contributed by atoms with E-state index in [2.05, 4.69) is 30.2 Å². The summed E-state index contributed by atoms with van der Waals surface area (Å²) in [5, 5.41) is 5.82. The number of nitrogens with zero attached hydrogens (tertiary/aromatic N) is 3. The summed E-state index contributed by atoms with van der Waals surface area (Å²) < 4.78 is 27.7. The first-order valence-corrected chi connectivity index (χ1v) is 11.8. The van der Waals surface area contributed by atoms with Gasteiger partial charge in [-0.3, -0.25) is 4.79 Å². The summed E-state index contributed by atoms with van der Waals surface area (Å²) in [7, 11) is -3.59. The number of nitrogens with one attached hydrogen (secondary N) is 3. The Morgan fingerprint density at radius 1 is 1.21 bits per heavy atom. The molecule has 158 valence electrons. The maximum Gasteiger partial charge on any atom is 0.250 e. The maximum atomic E-state index is 12.4. The Kier molecular flexibility index (Phi) is 7.04. The fourth-order valence-corrected chi connectivity index (χ4v) is 5.38. The van der Waals surface area contributed by atoms with Gasteiger partial charge in [-0.1, -0.05) is 0 Å². The van der Waals surface area contributed by atoms with E-state index in [1.165, 1.54) is 19.8 Å². The summed E-state index contributed by atoms with van der Waals surface area (Å²) in [4.78, 5) is 22.9. The predicted octanol–water partition coefficient (Wildman–Crippen LogP) is 1.47. The van der Waals surface area contributed by atoms with Gasteiger partial charge >= 0.3 is 0 Å². The van der Waals surface area contributed by atoms with Gasteiger partial charge in [0.15, 0.2) is 0 Å². The molecule has 0 spiro atoms. The number of aromatic nitrogens is 2. The SMILES string of the molecule is CC(=O)NCc1ccc(S(=O)(=O)NCCNc2cc(N3CCCC3)nc(C)n2)s1. The molecule has 0 aliphatic carbocycles. The average Bonchev–Trinajstić information content (AvgIpc) is 3.35. The lowest BCUT2D eigenvalue weighted by Crippen LogP contribution is -2.28. The third-order valence-corrected chi connectivity index (χ3v) is 7.43. The minimum absolute atomic E-state index is 0.153. The van der Waals surface area contributed by atoms with Crippen LogP contribution in [0.5, 0.6) is 0 Å². The summed E-state index contributed by atoms with van der Waals surface area (Å²) in [6.07, 6.45) is 2.34. The van der Waals surface area contributed by atoms with Crippen molar-refractivity contribution >= 4 is 38.9 Å². The van der Waals surface area contributed by atoms with Crippen LogP contribution in [0.2, 0.25) is 0 Å². The normalized spacial score (nSPS) is 14.2. The summed E-state index contributed by atoms with van der Waals surface area (Å²) in [5.41, 5.74) is 0. The van der Waals surface area contributed by atoms with Gasteiger partial charge in [0, 0.05) is 44.0 Å². The Hall–Kier alpha value is -2.24. The highest BCUT2D eigenvalue weighted by Crippen LogP contribution is 2.22. The second kappa shape index (κ2) is 9.51. The zero-order valence-electron chi connectivity index (χ0n) is 16.6. The van der Waals surface area contributed by atoms with Gasteiger partial charge in [-0.15, -0.1) is 11.3 Å². The summed E-state index contributed by atoms with van der Waals surface area (Å²) in [6, 6.07) is 5.16. The largest absolute Gasteiger partial charge is 0.369 e. The molecule has 0 saturated carbocycles. The molecule has 1 amide bonds. The van der Waals surface area contributed by atoms with Gasteiger partial charge in [0.05, 0.1) is 6.54 Å². The second-order valence-electron chi connectivity index (χ2n) is 6.81. The van der Waals surface area contributed by atoms with Crippen LogP contribution in [0.25, 0.3) is 0 Å². The Morgan fingerprint density at radius 3 is 2.69 bits per heavy atom. The van der Waals surface area contributed by atoms with Crippen molar-refractivity contribution in [3.05, 3.63) is 28.9 Å². The number of amides is 1. The highest BCUT2D eigenvalue weighted by atomic mass is 32.2. The average molecular weight is 439 g/mol. The van der Waals surface area contributed by atoms with E-state index < -0.39 is 10.0 Å². The highest BCUT2D eigenvalue weighted by molar-refractivity contribution is 7.91. The van der Waals surface area contributed by atoms with Crippen LogP contribution in [0.3, 0.4) is 0 Å². The number of carbonyl (C=O) groups is 1. The summed E-state index contributed by atoms with van der Waals surface area (Å²) >= 11 is 1.14. The van der Waals surface area contributed by atoms with E-state index in [0.717, 1.165) is 35.1 Å². The first kappa shape index (κ1) is 21.5.